The Balaban J connectivity index is 2.90. The van der Waals surface area contributed by atoms with Gasteiger partial charge in [-0.2, -0.15) is 0 Å². The topological polar surface area (TPSA) is 73.6 Å². The minimum absolute atomic E-state index is 0.103. The number of nitrogens with zero attached hydrogens (tertiary/aromatic N) is 3. The summed E-state index contributed by atoms with van der Waals surface area (Å²) in [5.41, 5.74) is -0.230. The average molecular weight is 326 g/mol. The van der Waals surface area contributed by atoms with Gasteiger partial charge in [0.25, 0.3) is 5.56 Å². The Morgan fingerprint density at radius 1 is 1.36 bits per heavy atom. The molecule has 0 bridgehead atoms. The van der Waals surface area contributed by atoms with Gasteiger partial charge in [0.2, 0.25) is 5.88 Å². The molecule has 1 rings (SSSR count). The number of aromatic nitrogens is 2. The molecule has 0 amide bonds. The van der Waals surface area contributed by atoms with Crippen molar-refractivity contribution in [2.24, 2.45) is 4.99 Å². The fraction of sp³-hybridized carbons (Fsp3) is 0.667. The average Bonchev–Trinajstić information content (AvgIpc) is 2.50. The molecule has 0 radical (unpaired) electrons. The molecule has 0 atom stereocenters. The summed E-state index contributed by atoms with van der Waals surface area (Å²) in [6.45, 7) is 10.2. The third-order valence-electron chi connectivity index (χ3n) is 3.60. The van der Waals surface area contributed by atoms with Crippen LogP contribution in [0.4, 0.5) is 0 Å². The lowest BCUT2D eigenvalue weighted by Crippen LogP contribution is -2.25. The third-order valence-corrected chi connectivity index (χ3v) is 3.92. The smallest absolute Gasteiger partial charge is 0.264 e. The largest absolute Gasteiger partial charge is 0.494 e. The van der Waals surface area contributed by atoms with Crippen molar-refractivity contribution in [2.75, 3.05) is 26.2 Å². The maximum absolute atomic E-state index is 11.9. The summed E-state index contributed by atoms with van der Waals surface area (Å²) in [5, 5.41) is 10.3. The SMILES string of the molecule is CCCCn1c(O)c(C=NCCN(CC)CC)c(=O)[nH]c1=S. The van der Waals surface area contributed by atoms with E-state index in [1.165, 1.54) is 6.21 Å². The molecule has 0 aliphatic heterocycles. The van der Waals surface area contributed by atoms with Crippen molar-refractivity contribution < 1.29 is 5.11 Å². The highest BCUT2D eigenvalue weighted by Gasteiger charge is 2.10. The summed E-state index contributed by atoms with van der Waals surface area (Å²) in [6, 6.07) is 0. The second-order valence-electron chi connectivity index (χ2n) is 5.06. The van der Waals surface area contributed by atoms with Gasteiger partial charge in [-0.25, -0.2) is 0 Å². The van der Waals surface area contributed by atoms with Gasteiger partial charge in [-0.3, -0.25) is 19.3 Å². The van der Waals surface area contributed by atoms with Gasteiger partial charge in [0.1, 0.15) is 5.56 Å². The van der Waals surface area contributed by atoms with Crippen molar-refractivity contribution in [1.82, 2.24) is 14.5 Å². The highest BCUT2D eigenvalue weighted by Crippen LogP contribution is 2.12. The second-order valence-corrected chi connectivity index (χ2v) is 5.45. The second kappa shape index (κ2) is 9.53. The number of aliphatic imine (C=N–C) groups is 1. The number of aromatic hydroxyl groups is 1. The Kier molecular flexibility index (Phi) is 8.05. The molecule has 0 aliphatic rings. The van der Waals surface area contributed by atoms with E-state index in [9.17, 15) is 9.90 Å². The molecule has 6 nitrogen and oxygen atoms in total. The number of aromatic amines is 1. The molecular weight excluding hydrogens is 300 g/mol. The number of rotatable bonds is 9. The summed E-state index contributed by atoms with van der Waals surface area (Å²) >= 11 is 5.10. The molecule has 1 aromatic rings. The van der Waals surface area contributed by atoms with Gasteiger partial charge < -0.3 is 10.0 Å². The van der Waals surface area contributed by atoms with Crippen molar-refractivity contribution in [3.05, 3.63) is 20.7 Å². The molecule has 1 heterocycles. The monoisotopic (exact) mass is 326 g/mol. The van der Waals surface area contributed by atoms with E-state index >= 15 is 0 Å². The van der Waals surface area contributed by atoms with E-state index in [0.717, 1.165) is 32.5 Å². The van der Waals surface area contributed by atoms with Crippen LogP contribution in [0.15, 0.2) is 9.79 Å². The van der Waals surface area contributed by atoms with E-state index in [1.54, 1.807) is 4.57 Å². The van der Waals surface area contributed by atoms with E-state index in [-0.39, 0.29) is 16.2 Å². The summed E-state index contributed by atoms with van der Waals surface area (Å²) in [4.78, 5) is 21.0. The van der Waals surface area contributed by atoms with Gasteiger partial charge in [0, 0.05) is 19.3 Å². The normalized spacial score (nSPS) is 11.6. The predicted molar refractivity (Wildman–Crippen MR) is 92.7 cm³/mol. The quantitative estimate of drug-likeness (QED) is 0.539. The minimum Gasteiger partial charge on any atom is -0.494 e. The highest BCUT2D eigenvalue weighted by molar-refractivity contribution is 7.71. The maximum Gasteiger partial charge on any atom is 0.264 e. The maximum atomic E-state index is 11.9. The van der Waals surface area contributed by atoms with Gasteiger partial charge in [-0.05, 0) is 31.7 Å². The number of hydrogen-bond acceptors (Lipinski definition) is 5. The van der Waals surface area contributed by atoms with Crippen molar-refractivity contribution in [2.45, 2.75) is 40.2 Å². The first-order valence-electron chi connectivity index (χ1n) is 7.83. The Morgan fingerprint density at radius 2 is 2.05 bits per heavy atom. The summed E-state index contributed by atoms with van der Waals surface area (Å²) in [6.07, 6.45) is 3.30. The molecule has 124 valence electrons. The van der Waals surface area contributed by atoms with Crippen LogP contribution >= 0.6 is 12.2 Å². The van der Waals surface area contributed by atoms with Crippen LogP contribution in [0.5, 0.6) is 5.88 Å². The Hall–Kier alpha value is -1.47. The van der Waals surface area contributed by atoms with Gasteiger partial charge >= 0.3 is 0 Å². The van der Waals surface area contributed by atoms with E-state index in [2.05, 4.69) is 35.6 Å². The predicted octanol–water partition coefficient (Wildman–Crippen LogP) is 2.17. The zero-order chi connectivity index (χ0) is 16.5. The van der Waals surface area contributed by atoms with Crippen LogP contribution in [0.25, 0.3) is 0 Å². The van der Waals surface area contributed by atoms with Crippen molar-refractivity contribution in [1.29, 1.82) is 0 Å². The Bertz CT molecular complexity index is 603. The van der Waals surface area contributed by atoms with Crippen LogP contribution in [-0.2, 0) is 6.54 Å². The van der Waals surface area contributed by atoms with Crippen LogP contribution in [-0.4, -0.2) is 52.0 Å². The number of H-pyrrole nitrogens is 1. The fourth-order valence-electron chi connectivity index (χ4n) is 2.11. The Labute approximate surface area is 136 Å². The number of nitrogens with one attached hydrogen (secondary N) is 1. The van der Waals surface area contributed by atoms with Gasteiger partial charge in [0.05, 0.1) is 6.54 Å². The minimum atomic E-state index is -0.401. The van der Waals surface area contributed by atoms with Crippen LogP contribution in [0.3, 0.4) is 0 Å². The number of hydrogen-bond donors (Lipinski definition) is 2. The molecule has 0 saturated heterocycles. The lowest BCUT2D eigenvalue weighted by molar-refractivity contribution is 0.313. The van der Waals surface area contributed by atoms with E-state index in [1.807, 2.05) is 0 Å². The van der Waals surface area contributed by atoms with Gasteiger partial charge in [0.15, 0.2) is 4.77 Å². The lowest BCUT2D eigenvalue weighted by Gasteiger charge is -2.15. The van der Waals surface area contributed by atoms with Crippen molar-refractivity contribution in [3.63, 3.8) is 0 Å². The lowest BCUT2D eigenvalue weighted by atomic mass is 10.3. The fourth-order valence-corrected chi connectivity index (χ4v) is 2.38. The highest BCUT2D eigenvalue weighted by atomic mass is 32.1. The zero-order valence-electron chi connectivity index (χ0n) is 13.6. The molecule has 2 N–H and O–H groups in total. The summed E-state index contributed by atoms with van der Waals surface area (Å²) in [5.74, 6) is -0.103. The first-order chi connectivity index (χ1) is 10.5. The molecule has 0 aliphatic carbocycles. The Morgan fingerprint density at radius 3 is 2.64 bits per heavy atom. The van der Waals surface area contributed by atoms with Crippen LogP contribution < -0.4 is 5.56 Å². The standard InChI is InChI=1S/C15H26N4O2S/c1-4-7-9-19-14(21)12(13(20)17-15(19)22)11-16-8-10-18(5-2)6-3/h11,21H,4-10H2,1-3H3,(H,17,20,22). The van der Waals surface area contributed by atoms with Gasteiger partial charge in [-0.1, -0.05) is 27.2 Å². The van der Waals surface area contributed by atoms with Crippen molar-refractivity contribution >= 4 is 18.4 Å². The molecule has 7 heteroatoms. The molecule has 1 aromatic heterocycles. The van der Waals surface area contributed by atoms with Crippen molar-refractivity contribution in [3.8, 4) is 5.88 Å². The third kappa shape index (κ3) is 5.06. The first kappa shape index (κ1) is 18.6. The van der Waals surface area contributed by atoms with Crippen LogP contribution in [0.1, 0.15) is 39.2 Å². The molecule has 0 spiro atoms. The molecule has 22 heavy (non-hydrogen) atoms. The zero-order valence-corrected chi connectivity index (χ0v) is 14.4. The van der Waals surface area contributed by atoms with E-state index in [4.69, 9.17) is 12.2 Å². The summed E-state index contributed by atoms with van der Waals surface area (Å²) < 4.78 is 1.79. The van der Waals surface area contributed by atoms with E-state index < -0.39 is 5.56 Å². The molecule has 0 unspecified atom stereocenters. The van der Waals surface area contributed by atoms with E-state index in [0.29, 0.717) is 13.1 Å². The number of likely N-dealkylation sites (N-methyl/N-ethyl adjacent to an activating group) is 1. The molecular formula is C15H26N4O2S. The van der Waals surface area contributed by atoms with Crippen LogP contribution in [0.2, 0.25) is 0 Å². The molecule has 0 aromatic carbocycles. The number of unbranched alkanes of at least 4 members (excludes halogenated alkanes) is 1. The molecule has 0 fully saturated rings. The summed E-state index contributed by atoms with van der Waals surface area (Å²) in [7, 11) is 0. The van der Waals surface area contributed by atoms with Crippen LogP contribution in [0, 0.1) is 4.77 Å². The molecule has 0 saturated carbocycles. The van der Waals surface area contributed by atoms with Gasteiger partial charge in [-0.15, -0.1) is 0 Å². The first-order valence-corrected chi connectivity index (χ1v) is 8.24.